The molecule has 1 aliphatic rings. The number of thioether (sulfide) groups is 1. The van der Waals surface area contributed by atoms with Gasteiger partial charge in [0.05, 0.1) is 28.8 Å². The number of hydrogen-bond acceptors (Lipinski definition) is 7. The fraction of sp³-hybridized carbons (Fsp3) is 0.424. The first-order chi connectivity index (χ1) is 21.7. The maximum atomic E-state index is 15.2. The van der Waals surface area contributed by atoms with Gasteiger partial charge in [-0.15, -0.1) is 11.8 Å². The summed E-state index contributed by atoms with van der Waals surface area (Å²) in [5.74, 6) is -0.0616. The number of rotatable bonds is 12. The number of nitrogens with two attached hydrogens (primary N) is 1. The highest BCUT2D eigenvalue weighted by molar-refractivity contribution is 7.98. The number of nitrogens with zero attached hydrogens (tertiary/aromatic N) is 2. The number of halogens is 2. The van der Waals surface area contributed by atoms with E-state index >= 15 is 4.39 Å². The van der Waals surface area contributed by atoms with Crippen LogP contribution in [-0.4, -0.2) is 57.0 Å². The molecule has 0 unspecified atom stereocenters. The molecule has 1 aliphatic heterocycles. The van der Waals surface area contributed by atoms with Crippen LogP contribution in [0.5, 0.6) is 0 Å². The molecule has 0 bridgehead atoms. The lowest BCUT2D eigenvalue weighted by Crippen LogP contribution is -2.39. The van der Waals surface area contributed by atoms with Crippen molar-refractivity contribution in [3.63, 3.8) is 0 Å². The summed E-state index contributed by atoms with van der Waals surface area (Å²) in [6, 6.07) is 11.5. The van der Waals surface area contributed by atoms with Crippen molar-refractivity contribution in [2.75, 3.05) is 19.4 Å². The van der Waals surface area contributed by atoms with Gasteiger partial charge in [0, 0.05) is 46.7 Å². The highest BCUT2D eigenvalue weighted by Crippen LogP contribution is 2.35. The smallest absolute Gasteiger partial charge is 0.354 e. The van der Waals surface area contributed by atoms with Gasteiger partial charge in [-0.05, 0) is 93.2 Å². The van der Waals surface area contributed by atoms with Crippen molar-refractivity contribution in [3.05, 3.63) is 75.0 Å². The number of aromatic nitrogens is 3. The number of aryl methyl sites for hydroxylation is 1. The number of aliphatic hydroxyl groups is 1. The zero-order valence-electron chi connectivity index (χ0n) is 25.6. The van der Waals surface area contributed by atoms with Crippen LogP contribution in [0.4, 0.5) is 4.39 Å². The molecule has 0 amide bonds. The first-order valence-corrected chi connectivity index (χ1v) is 17.0. The Balaban J connectivity index is 1.39. The molecule has 7 N–H and O–H groups in total. The molecule has 1 fully saturated rings. The van der Waals surface area contributed by atoms with Crippen molar-refractivity contribution in [2.45, 2.75) is 74.9 Å². The van der Waals surface area contributed by atoms with Crippen LogP contribution in [0, 0.1) is 11.2 Å². The second kappa shape index (κ2) is 14.9. The monoisotopic (exact) mass is 653 g/mol. The normalized spacial score (nSPS) is 17.5. The van der Waals surface area contributed by atoms with Crippen LogP contribution in [0.1, 0.15) is 62.6 Å². The number of nitrogens with one attached hydrogen (secondary N) is 4. The molecule has 2 aromatic heterocycles. The number of fused-ring (bicyclic) bond motifs is 1. The van der Waals surface area contributed by atoms with Gasteiger partial charge in [0.15, 0.2) is 5.82 Å². The summed E-state index contributed by atoms with van der Waals surface area (Å²) in [4.78, 5) is 21.7. The van der Waals surface area contributed by atoms with Crippen molar-refractivity contribution < 1.29 is 9.50 Å². The number of hydrogen-bond donors (Lipinski definition) is 6. The van der Waals surface area contributed by atoms with Crippen LogP contribution < -0.4 is 22.1 Å². The Bertz CT molecular complexity index is 1730. The molecular weight excluding hydrogens is 613 g/mol. The van der Waals surface area contributed by atoms with E-state index in [0.717, 1.165) is 49.1 Å². The standard InChI is InChI=1S/C33H41ClFN7O2S/c1-19(36)38-12-11-23-7-4-8-28(39-23)25-10-9-24(16-30(25)45-2)42-17-21-15-29(40-32(21)41-33(42)44)26-13-20(14-27(34)31(26)35)5-3-6-22(37)18-43/h9-10,13-17,22-23,28,39,43H,3-8,11-12,18,37H2,1-2H3,(H2,36,38)(H,40,41,44)/t22-,23+,28+/m1/s1. The highest BCUT2D eigenvalue weighted by Gasteiger charge is 2.24. The second-order valence-corrected chi connectivity index (χ2v) is 13.0. The Morgan fingerprint density at radius 2 is 2.13 bits per heavy atom. The third-order valence-electron chi connectivity index (χ3n) is 8.40. The second-order valence-electron chi connectivity index (χ2n) is 11.8. The summed E-state index contributed by atoms with van der Waals surface area (Å²) in [6.45, 7) is 2.46. The fourth-order valence-electron chi connectivity index (χ4n) is 6.03. The number of piperidine rings is 1. The van der Waals surface area contributed by atoms with Gasteiger partial charge in [0.2, 0.25) is 0 Å². The molecule has 1 saturated heterocycles. The Kier molecular flexibility index (Phi) is 11.0. The SMILES string of the molecule is CSc1cc(-n2cc3cc(-c4cc(CCC[C@@H](N)CO)cc(Cl)c4F)[nH]c3nc2=O)ccc1[C@@H]1CCC[C@@H](CCNC(C)=N)N1. The third kappa shape index (κ3) is 7.96. The molecule has 0 aliphatic carbocycles. The van der Waals surface area contributed by atoms with Crippen LogP contribution >= 0.6 is 23.4 Å². The minimum atomic E-state index is -0.547. The molecule has 3 heterocycles. The summed E-state index contributed by atoms with van der Waals surface area (Å²) in [5, 5.41) is 24.4. The van der Waals surface area contributed by atoms with E-state index in [9.17, 15) is 9.90 Å². The van der Waals surface area contributed by atoms with Crippen LogP contribution in [-0.2, 0) is 6.42 Å². The Hall–Kier alpha value is -3.22. The summed E-state index contributed by atoms with van der Waals surface area (Å²) < 4.78 is 16.7. The summed E-state index contributed by atoms with van der Waals surface area (Å²) in [7, 11) is 0. The van der Waals surface area contributed by atoms with E-state index in [1.807, 2.05) is 18.4 Å². The number of H-pyrrole nitrogens is 1. The van der Waals surface area contributed by atoms with Crippen molar-refractivity contribution in [3.8, 4) is 16.9 Å². The van der Waals surface area contributed by atoms with Gasteiger partial charge >= 0.3 is 5.69 Å². The zero-order valence-corrected chi connectivity index (χ0v) is 27.2. The molecular formula is C33H41ClFN7O2S. The van der Waals surface area contributed by atoms with Gasteiger partial charge in [0.25, 0.3) is 0 Å². The van der Waals surface area contributed by atoms with Crippen molar-refractivity contribution in [1.29, 1.82) is 5.41 Å². The quantitative estimate of drug-likeness (QED) is 0.0654. The molecule has 45 heavy (non-hydrogen) atoms. The van der Waals surface area contributed by atoms with Gasteiger partial charge in [-0.25, -0.2) is 9.18 Å². The van der Waals surface area contributed by atoms with Gasteiger partial charge in [-0.2, -0.15) is 4.98 Å². The van der Waals surface area contributed by atoms with Gasteiger partial charge in [-0.1, -0.05) is 24.1 Å². The van der Waals surface area contributed by atoms with Gasteiger partial charge in [-0.3, -0.25) is 9.98 Å². The average Bonchev–Trinajstić information content (AvgIpc) is 3.44. The van der Waals surface area contributed by atoms with E-state index in [1.54, 1.807) is 43.1 Å². The molecule has 240 valence electrons. The molecule has 5 rings (SSSR count). The molecule has 12 heteroatoms. The van der Waals surface area contributed by atoms with E-state index in [1.165, 1.54) is 10.1 Å². The summed E-state index contributed by atoms with van der Waals surface area (Å²) in [6.07, 6.45) is 10.0. The number of amidine groups is 1. The van der Waals surface area contributed by atoms with Crippen LogP contribution in [0.15, 0.2) is 52.3 Å². The Morgan fingerprint density at radius 1 is 1.31 bits per heavy atom. The predicted molar refractivity (Wildman–Crippen MR) is 181 cm³/mol. The molecule has 0 saturated carbocycles. The predicted octanol–water partition coefficient (Wildman–Crippen LogP) is 5.70. The van der Waals surface area contributed by atoms with E-state index in [4.69, 9.17) is 22.7 Å². The molecule has 4 aromatic rings. The van der Waals surface area contributed by atoms with Gasteiger partial charge in [0.1, 0.15) is 5.65 Å². The maximum Gasteiger partial charge on any atom is 0.354 e. The zero-order chi connectivity index (χ0) is 32.1. The highest BCUT2D eigenvalue weighted by atomic mass is 35.5. The molecule has 2 aromatic carbocycles. The Labute approximate surface area is 271 Å². The maximum absolute atomic E-state index is 15.2. The summed E-state index contributed by atoms with van der Waals surface area (Å²) in [5.41, 5.74) is 9.31. The van der Waals surface area contributed by atoms with E-state index in [2.05, 4.69) is 26.7 Å². The average molecular weight is 654 g/mol. The van der Waals surface area contributed by atoms with Crippen molar-refractivity contribution >= 4 is 40.2 Å². The van der Waals surface area contributed by atoms with E-state index in [-0.39, 0.29) is 23.7 Å². The van der Waals surface area contributed by atoms with Gasteiger partial charge < -0.3 is 26.5 Å². The fourth-order valence-corrected chi connectivity index (χ4v) is 6.96. The first kappa shape index (κ1) is 33.2. The van der Waals surface area contributed by atoms with E-state index < -0.39 is 11.5 Å². The van der Waals surface area contributed by atoms with Crippen LogP contribution in [0.2, 0.25) is 5.02 Å². The largest absolute Gasteiger partial charge is 0.395 e. The van der Waals surface area contributed by atoms with Crippen molar-refractivity contribution in [2.24, 2.45) is 5.73 Å². The van der Waals surface area contributed by atoms with Crippen molar-refractivity contribution in [1.82, 2.24) is 25.2 Å². The molecule has 9 nitrogen and oxygen atoms in total. The lowest BCUT2D eigenvalue weighted by Gasteiger charge is -2.32. The molecule has 3 atom stereocenters. The van der Waals surface area contributed by atoms with Crippen LogP contribution in [0.3, 0.4) is 0 Å². The number of aromatic amines is 1. The number of benzene rings is 2. The van der Waals surface area contributed by atoms with E-state index in [0.29, 0.717) is 52.7 Å². The van der Waals surface area contributed by atoms with Crippen LogP contribution in [0.25, 0.3) is 28.0 Å². The molecule has 0 spiro atoms. The lowest BCUT2D eigenvalue weighted by molar-refractivity contribution is 0.258. The minimum Gasteiger partial charge on any atom is -0.395 e. The first-order valence-electron chi connectivity index (χ1n) is 15.4. The number of aliphatic hydroxyl groups excluding tert-OH is 1. The molecule has 0 radical (unpaired) electrons. The minimum absolute atomic E-state index is 0.0155. The Morgan fingerprint density at radius 3 is 2.89 bits per heavy atom. The summed E-state index contributed by atoms with van der Waals surface area (Å²) >= 11 is 7.91. The lowest BCUT2D eigenvalue weighted by atomic mass is 9.92. The topological polar surface area (TPSA) is 145 Å². The third-order valence-corrected chi connectivity index (χ3v) is 9.47.